The van der Waals surface area contributed by atoms with E-state index < -0.39 is 5.54 Å². The Labute approximate surface area is 226 Å². The number of piperidine rings is 1. The van der Waals surface area contributed by atoms with Crippen molar-refractivity contribution in [2.24, 2.45) is 4.99 Å². The van der Waals surface area contributed by atoms with Gasteiger partial charge in [0.25, 0.3) is 0 Å². The van der Waals surface area contributed by atoms with Crippen molar-refractivity contribution in [1.29, 1.82) is 0 Å². The highest BCUT2D eigenvalue weighted by atomic mass is 19.1. The highest BCUT2D eigenvalue weighted by Crippen LogP contribution is 2.41. The lowest BCUT2D eigenvalue weighted by atomic mass is 9.81. The van der Waals surface area contributed by atoms with Gasteiger partial charge in [-0.1, -0.05) is 44.4 Å². The third kappa shape index (κ3) is 5.58. The third-order valence-electron chi connectivity index (χ3n) is 8.52. The monoisotopic (exact) mass is 520 g/mol. The number of amidine groups is 1. The van der Waals surface area contributed by atoms with Gasteiger partial charge < -0.3 is 4.74 Å². The van der Waals surface area contributed by atoms with Crippen molar-refractivity contribution in [2.75, 3.05) is 11.4 Å². The number of ether oxygens (including phenoxy) is 1. The Kier molecular flexibility index (Phi) is 8.03. The van der Waals surface area contributed by atoms with Gasteiger partial charge in [0, 0.05) is 24.8 Å². The quantitative estimate of drug-likeness (QED) is 0.443. The fourth-order valence-corrected chi connectivity index (χ4v) is 6.29. The molecule has 1 N–H and O–H groups in total. The van der Waals surface area contributed by atoms with Crippen LogP contribution in [0.2, 0.25) is 0 Å². The molecule has 204 valence electrons. The summed E-state index contributed by atoms with van der Waals surface area (Å²) >= 11 is 0. The maximum atomic E-state index is 14.3. The van der Waals surface area contributed by atoms with E-state index in [0.717, 1.165) is 56.8 Å². The number of nitrogens with zero attached hydrogens (tertiary/aromatic N) is 3. The van der Waals surface area contributed by atoms with Crippen LogP contribution in [0.3, 0.4) is 0 Å². The molecular formula is C31H41FN4O2. The molecule has 1 aliphatic carbocycles. The SMILES string of the molecule is CC[C@@H](C)Oc1cccc(CN2CCC3(C[C@@H]2C)C(=NC2CCCCC2)NC(=O)N3c2cccc(F)c2)c1. The van der Waals surface area contributed by atoms with E-state index in [-0.39, 0.29) is 30.0 Å². The smallest absolute Gasteiger partial charge is 0.328 e. The van der Waals surface area contributed by atoms with Crippen molar-refractivity contribution < 1.29 is 13.9 Å². The fourth-order valence-electron chi connectivity index (χ4n) is 6.29. The molecule has 38 heavy (non-hydrogen) atoms. The van der Waals surface area contributed by atoms with Gasteiger partial charge in [0.15, 0.2) is 0 Å². The molecule has 2 saturated heterocycles. The van der Waals surface area contributed by atoms with E-state index >= 15 is 0 Å². The third-order valence-corrected chi connectivity index (χ3v) is 8.52. The van der Waals surface area contributed by atoms with Crippen LogP contribution in [0.15, 0.2) is 53.5 Å². The fraction of sp³-hybridized carbons (Fsp3) is 0.548. The van der Waals surface area contributed by atoms with E-state index in [4.69, 9.17) is 9.73 Å². The van der Waals surface area contributed by atoms with Crippen molar-refractivity contribution in [2.45, 2.75) is 102 Å². The van der Waals surface area contributed by atoms with Gasteiger partial charge >= 0.3 is 6.03 Å². The lowest BCUT2D eigenvalue weighted by Gasteiger charge is -2.47. The summed E-state index contributed by atoms with van der Waals surface area (Å²) in [6.45, 7) is 8.06. The second-order valence-corrected chi connectivity index (χ2v) is 11.3. The van der Waals surface area contributed by atoms with Gasteiger partial charge in [0.1, 0.15) is 22.9 Å². The van der Waals surface area contributed by atoms with Gasteiger partial charge in [-0.15, -0.1) is 0 Å². The molecular weight excluding hydrogens is 479 g/mol. The number of carbonyl (C=O) groups is 1. The average Bonchev–Trinajstić information content (AvgIpc) is 3.16. The van der Waals surface area contributed by atoms with Crippen molar-refractivity contribution >= 4 is 17.6 Å². The second kappa shape index (κ2) is 11.4. The number of nitrogens with one attached hydrogen (secondary N) is 1. The number of rotatable bonds is 7. The molecule has 5 rings (SSSR count). The highest BCUT2D eigenvalue weighted by Gasteiger charge is 2.54. The van der Waals surface area contributed by atoms with E-state index in [1.807, 2.05) is 12.1 Å². The minimum atomic E-state index is -0.597. The first-order chi connectivity index (χ1) is 18.4. The number of hydrogen-bond acceptors (Lipinski definition) is 4. The number of aliphatic imine (C=N–C) groups is 1. The number of hydrogen-bond donors (Lipinski definition) is 1. The summed E-state index contributed by atoms with van der Waals surface area (Å²) < 4.78 is 20.3. The molecule has 3 aliphatic rings. The van der Waals surface area contributed by atoms with Crippen molar-refractivity contribution in [1.82, 2.24) is 10.2 Å². The Bertz CT molecular complexity index is 1160. The Morgan fingerprint density at radius 2 is 1.95 bits per heavy atom. The number of amides is 2. The molecule has 1 unspecified atom stereocenters. The van der Waals surface area contributed by atoms with Crippen LogP contribution in [0.4, 0.5) is 14.9 Å². The van der Waals surface area contributed by atoms with Crippen LogP contribution in [0.25, 0.3) is 0 Å². The van der Waals surface area contributed by atoms with E-state index in [9.17, 15) is 9.18 Å². The van der Waals surface area contributed by atoms with Crippen LogP contribution in [-0.4, -0.2) is 47.0 Å². The van der Waals surface area contributed by atoms with Gasteiger partial charge in [-0.2, -0.15) is 0 Å². The van der Waals surface area contributed by atoms with Gasteiger partial charge in [0.2, 0.25) is 0 Å². The molecule has 1 saturated carbocycles. The average molecular weight is 521 g/mol. The van der Waals surface area contributed by atoms with Gasteiger partial charge in [-0.3, -0.25) is 20.1 Å². The predicted molar refractivity (Wildman–Crippen MR) is 150 cm³/mol. The summed E-state index contributed by atoms with van der Waals surface area (Å²) in [5.74, 6) is 1.34. The highest BCUT2D eigenvalue weighted by molar-refractivity contribution is 6.19. The summed E-state index contributed by atoms with van der Waals surface area (Å²) in [6.07, 6.45) is 8.36. The normalized spacial score (nSPS) is 26.6. The van der Waals surface area contributed by atoms with Gasteiger partial charge in [0.05, 0.1) is 12.1 Å². The molecule has 2 amide bonds. The van der Waals surface area contributed by atoms with Crippen molar-refractivity contribution in [3.8, 4) is 5.75 Å². The standard InChI is InChI=1S/C31H41FN4O2/c1-4-23(3)38-28-15-8-10-24(18-28)21-35-17-16-31(20-22(35)2)29(33-26-12-6-5-7-13-26)34-30(37)36(31)27-14-9-11-25(32)19-27/h8-11,14-15,18-19,22-23,26H,4-7,12-13,16-17,20-21H2,1-3H3,(H,33,34,37)/t22-,23+,31?/m0/s1. The molecule has 2 aromatic rings. The first kappa shape index (κ1) is 26.7. The lowest BCUT2D eigenvalue weighted by molar-refractivity contribution is 0.123. The number of likely N-dealkylation sites (tertiary alicyclic amines) is 1. The molecule has 1 spiro atoms. The van der Waals surface area contributed by atoms with E-state index in [2.05, 4.69) is 49.2 Å². The van der Waals surface area contributed by atoms with E-state index in [0.29, 0.717) is 5.69 Å². The number of carbonyl (C=O) groups excluding carboxylic acids is 1. The Morgan fingerprint density at radius 3 is 2.68 bits per heavy atom. The maximum absolute atomic E-state index is 14.3. The largest absolute Gasteiger partial charge is 0.491 e. The Balaban J connectivity index is 1.41. The van der Waals surface area contributed by atoms with Crippen LogP contribution < -0.4 is 15.0 Å². The molecule has 0 aromatic heterocycles. The first-order valence-corrected chi connectivity index (χ1v) is 14.3. The number of anilines is 1. The summed E-state index contributed by atoms with van der Waals surface area (Å²) in [5, 5.41) is 3.13. The Morgan fingerprint density at radius 1 is 1.16 bits per heavy atom. The summed E-state index contributed by atoms with van der Waals surface area (Å²) in [4.78, 5) is 22.8. The second-order valence-electron chi connectivity index (χ2n) is 11.3. The van der Waals surface area contributed by atoms with Crippen molar-refractivity contribution in [3.63, 3.8) is 0 Å². The molecule has 2 heterocycles. The first-order valence-electron chi connectivity index (χ1n) is 14.3. The van der Waals surface area contributed by atoms with Crippen molar-refractivity contribution in [3.05, 3.63) is 59.9 Å². The zero-order chi connectivity index (χ0) is 26.7. The molecule has 0 radical (unpaired) electrons. The summed E-state index contributed by atoms with van der Waals surface area (Å²) in [7, 11) is 0. The zero-order valence-electron chi connectivity index (χ0n) is 23.0. The lowest BCUT2D eigenvalue weighted by Crippen LogP contribution is -2.59. The number of benzene rings is 2. The van der Waals surface area contributed by atoms with Crippen LogP contribution in [0, 0.1) is 5.82 Å². The molecule has 0 bridgehead atoms. The molecule has 3 fully saturated rings. The molecule has 6 nitrogen and oxygen atoms in total. The van der Waals surface area contributed by atoms with Gasteiger partial charge in [-0.05, 0) is 81.8 Å². The molecule has 3 atom stereocenters. The summed E-state index contributed by atoms with van der Waals surface area (Å²) in [5.41, 5.74) is 1.21. The molecule has 7 heteroatoms. The number of halogens is 1. The van der Waals surface area contributed by atoms with Crippen LogP contribution in [0.1, 0.15) is 77.7 Å². The number of urea groups is 1. The molecule has 2 aliphatic heterocycles. The minimum Gasteiger partial charge on any atom is -0.491 e. The predicted octanol–water partition coefficient (Wildman–Crippen LogP) is 6.69. The Hall–Kier alpha value is -2.93. The minimum absolute atomic E-state index is 0.183. The zero-order valence-corrected chi connectivity index (χ0v) is 23.0. The maximum Gasteiger partial charge on any atom is 0.328 e. The van der Waals surface area contributed by atoms with Crippen LogP contribution >= 0.6 is 0 Å². The topological polar surface area (TPSA) is 57.2 Å². The van der Waals surface area contributed by atoms with E-state index in [1.54, 1.807) is 11.0 Å². The van der Waals surface area contributed by atoms with Gasteiger partial charge in [-0.25, -0.2) is 9.18 Å². The van der Waals surface area contributed by atoms with Crippen LogP contribution in [0.5, 0.6) is 5.75 Å². The van der Waals surface area contributed by atoms with E-state index in [1.165, 1.54) is 37.0 Å². The summed E-state index contributed by atoms with van der Waals surface area (Å²) in [6, 6.07) is 15.0. The molecule has 2 aromatic carbocycles. The van der Waals surface area contributed by atoms with Crippen LogP contribution in [-0.2, 0) is 6.54 Å².